The topological polar surface area (TPSA) is 88.0 Å². The van der Waals surface area contributed by atoms with Gasteiger partial charge in [-0.15, -0.1) is 0 Å². The fourth-order valence-electron chi connectivity index (χ4n) is 3.47. The number of fused-ring (bicyclic) bond motifs is 1. The monoisotopic (exact) mass is 408 g/mol. The van der Waals surface area contributed by atoms with Gasteiger partial charge in [-0.05, 0) is 12.1 Å². The van der Waals surface area contributed by atoms with Gasteiger partial charge in [0.05, 0.1) is 29.9 Å². The Balaban J connectivity index is 1.35. The molecule has 152 valence electrons. The Morgan fingerprint density at radius 3 is 2.52 bits per heavy atom. The Morgan fingerprint density at radius 1 is 0.935 bits per heavy atom. The zero-order valence-electron chi connectivity index (χ0n) is 16.7. The smallest absolute Gasteiger partial charge is 0.251 e. The summed E-state index contributed by atoms with van der Waals surface area (Å²) >= 11 is 0. The molecule has 5 rings (SSSR count). The van der Waals surface area contributed by atoms with E-state index in [4.69, 9.17) is 0 Å². The second kappa shape index (κ2) is 8.23. The van der Waals surface area contributed by atoms with E-state index in [9.17, 15) is 4.79 Å². The van der Waals surface area contributed by atoms with Crippen LogP contribution in [0.3, 0.4) is 0 Å². The Morgan fingerprint density at radius 2 is 1.74 bits per heavy atom. The number of aromatic nitrogens is 5. The van der Waals surface area contributed by atoms with E-state index in [1.54, 1.807) is 18.7 Å². The quantitative estimate of drug-likeness (QED) is 0.448. The number of carbonyl (C=O) groups excluding carboxylic acids is 1. The Bertz CT molecular complexity index is 1310. The minimum atomic E-state index is -0.102. The van der Waals surface area contributed by atoms with Gasteiger partial charge in [0.1, 0.15) is 5.82 Å². The lowest BCUT2D eigenvalue weighted by atomic mass is 10.1. The molecule has 1 amide bonds. The number of carbonyl (C=O) groups is 1. The molecule has 7 nitrogen and oxygen atoms in total. The standard InChI is InChI=1S/C24H20N6O/c31-24(26-11-10-20-12-25-16-29-20)19-8-6-18(7-9-19)23-28-14-21-13-27-22(15-30(21)23)17-4-2-1-3-5-17/h1-9,12-16H,10-11H2,(H,25,29)(H,26,31). The Kier molecular flexibility index (Phi) is 4.98. The first-order chi connectivity index (χ1) is 15.3. The third kappa shape index (κ3) is 3.93. The molecule has 0 spiro atoms. The Hall–Kier alpha value is -4.26. The maximum Gasteiger partial charge on any atom is 0.251 e. The summed E-state index contributed by atoms with van der Waals surface area (Å²) in [5.41, 5.74) is 5.37. The molecule has 0 bridgehead atoms. The molecule has 0 saturated heterocycles. The molecule has 2 N–H and O–H groups in total. The van der Waals surface area contributed by atoms with E-state index in [2.05, 4.69) is 25.3 Å². The van der Waals surface area contributed by atoms with E-state index in [1.807, 2.05) is 71.4 Å². The molecule has 0 atom stereocenters. The van der Waals surface area contributed by atoms with Crippen molar-refractivity contribution in [2.45, 2.75) is 6.42 Å². The lowest BCUT2D eigenvalue weighted by molar-refractivity contribution is 0.0954. The third-order valence-electron chi connectivity index (χ3n) is 5.12. The van der Waals surface area contributed by atoms with Crippen LogP contribution in [-0.4, -0.2) is 36.8 Å². The predicted molar refractivity (Wildman–Crippen MR) is 118 cm³/mol. The first-order valence-corrected chi connectivity index (χ1v) is 10.0. The van der Waals surface area contributed by atoms with E-state index in [1.165, 1.54) is 0 Å². The number of aromatic amines is 1. The normalized spacial score (nSPS) is 11.0. The van der Waals surface area contributed by atoms with Gasteiger partial charge in [0, 0.05) is 47.7 Å². The van der Waals surface area contributed by atoms with Crippen molar-refractivity contribution in [3.05, 3.63) is 97.0 Å². The lowest BCUT2D eigenvalue weighted by Crippen LogP contribution is -2.25. The van der Waals surface area contributed by atoms with Crippen molar-refractivity contribution in [3.8, 4) is 22.6 Å². The van der Waals surface area contributed by atoms with Gasteiger partial charge >= 0.3 is 0 Å². The van der Waals surface area contributed by atoms with Crippen molar-refractivity contribution >= 4 is 11.4 Å². The molecule has 5 aromatic rings. The Labute approximate surface area is 178 Å². The second-order valence-corrected chi connectivity index (χ2v) is 7.18. The highest BCUT2D eigenvalue weighted by atomic mass is 16.1. The maximum atomic E-state index is 12.4. The van der Waals surface area contributed by atoms with Crippen LogP contribution in [0, 0.1) is 0 Å². The van der Waals surface area contributed by atoms with Gasteiger partial charge in [-0.25, -0.2) is 9.97 Å². The van der Waals surface area contributed by atoms with Crippen molar-refractivity contribution < 1.29 is 4.79 Å². The zero-order chi connectivity index (χ0) is 21.0. The number of imidazole rings is 2. The van der Waals surface area contributed by atoms with Crippen molar-refractivity contribution in [2.75, 3.05) is 6.54 Å². The van der Waals surface area contributed by atoms with Gasteiger partial charge in [0.15, 0.2) is 0 Å². The number of hydrogen-bond donors (Lipinski definition) is 2. The molecule has 0 radical (unpaired) electrons. The summed E-state index contributed by atoms with van der Waals surface area (Å²) in [5.74, 6) is 0.704. The number of hydrogen-bond acceptors (Lipinski definition) is 4. The second-order valence-electron chi connectivity index (χ2n) is 7.18. The van der Waals surface area contributed by atoms with Crippen LogP contribution >= 0.6 is 0 Å². The molecular weight excluding hydrogens is 388 g/mol. The summed E-state index contributed by atoms with van der Waals surface area (Å²) in [7, 11) is 0. The number of nitrogens with zero attached hydrogens (tertiary/aromatic N) is 4. The highest BCUT2D eigenvalue weighted by molar-refractivity contribution is 5.94. The van der Waals surface area contributed by atoms with Crippen molar-refractivity contribution in [3.63, 3.8) is 0 Å². The molecule has 0 aliphatic carbocycles. The van der Waals surface area contributed by atoms with Gasteiger partial charge in [0.25, 0.3) is 5.91 Å². The van der Waals surface area contributed by atoms with E-state index >= 15 is 0 Å². The van der Waals surface area contributed by atoms with Crippen LogP contribution in [0.15, 0.2) is 85.7 Å². The van der Waals surface area contributed by atoms with Gasteiger partial charge in [-0.1, -0.05) is 42.5 Å². The van der Waals surface area contributed by atoms with Crippen molar-refractivity contribution in [1.82, 2.24) is 29.7 Å². The molecule has 0 saturated carbocycles. The lowest BCUT2D eigenvalue weighted by Gasteiger charge is -2.07. The minimum absolute atomic E-state index is 0.102. The van der Waals surface area contributed by atoms with E-state index in [-0.39, 0.29) is 5.91 Å². The average molecular weight is 408 g/mol. The largest absolute Gasteiger partial charge is 0.352 e. The summed E-state index contributed by atoms with van der Waals surface area (Å²) in [5, 5.41) is 2.93. The third-order valence-corrected chi connectivity index (χ3v) is 5.12. The molecular formula is C24H20N6O. The summed E-state index contributed by atoms with van der Waals surface area (Å²) in [6.07, 6.45) is 9.71. The molecule has 3 heterocycles. The van der Waals surface area contributed by atoms with Crippen LogP contribution in [0.5, 0.6) is 0 Å². The first-order valence-electron chi connectivity index (χ1n) is 10.0. The summed E-state index contributed by atoms with van der Waals surface area (Å²) < 4.78 is 2.02. The SMILES string of the molecule is O=C(NCCc1cnc[nH]1)c1ccc(-c2ncc3cnc(-c4ccccc4)cn23)cc1. The molecule has 0 aliphatic rings. The summed E-state index contributed by atoms with van der Waals surface area (Å²) in [6, 6.07) is 17.5. The van der Waals surface area contributed by atoms with Crippen LogP contribution in [0.2, 0.25) is 0 Å². The molecule has 31 heavy (non-hydrogen) atoms. The molecule has 3 aromatic heterocycles. The zero-order valence-corrected chi connectivity index (χ0v) is 16.7. The molecule has 2 aromatic carbocycles. The van der Waals surface area contributed by atoms with E-state index < -0.39 is 0 Å². The number of rotatable bonds is 6. The highest BCUT2D eigenvalue weighted by Crippen LogP contribution is 2.23. The van der Waals surface area contributed by atoms with Crippen LogP contribution in [0.25, 0.3) is 28.2 Å². The molecule has 0 aliphatic heterocycles. The summed E-state index contributed by atoms with van der Waals surface area (Å²) in [4.78, 5) is 28.5. The number of H-pyrrole nitrogens is 1. The minimum Gasteiger partial charge on any atom is -0.352 e. The highest BCUT2D eigenvalue weighted by Gasteiger charge is 2.11. The average Bonchev–Trinajstić information content (AvgIpc) is 3.49. The van der Waals surface area contributed by atoms with Crippen LogP contribution in [0.1, 0.15) is 16.1 Å². The number of nitrogens with one attached hydrogen (secondary N) is 2. The van der Waals surface area contributed by atoms with Crippen LogP contribution in [-0.2, 0) is 6.42 Å². The fraction of sp³-hybridized carbons (Fsp3) is 0.0833. The van der Waals surface area contributed by atoms with Gasteiger partial charge < -0.3 is 10.3 Å². The van der Waals surface area contributed by atoms with Crippen LogP contribution in [0.4, 0.5) is 0 Å². The molecule has 0 unspecified atom stereocenters. The first kappa shape index (κ1) is 18.7. The van der Waals surface area contributed by atoms with Gasteiger partial charge in [-0.3, -0.25) is 14.2 Å². The summed E-state index contributed by atoms with van der Waals surface area (Å²) in [6.45, 7) is 0.545. The molecule has 0 fully saturated rings. The van der Waals surface area contributed by atoms with E-state index in [0.717, 1.165) is 33.9 Å². The number of benzene rings is 2. The van der Waals surface area contributed by atoms with Crippen LogP contribution < -0.4 is 5.32 Å². The fourth-order valence-corrected chi connectivity index (χ4v) is 3.47. The number of amides is 1. The van der Waals surface area contributed by atoms with Crippen molar-refractivity contribution in [1.29, 1.82) is 0 Å². The van der Waals surface area contributed by atoms with E-state index in [0.29, 0.717) is 18.5 Å². The van der Waals surface area contributed by atoms with Gasteiger partial charge in [-0.2, -0.15) is 0 Å². The van der Waals surface area contributed by atoms with Gasteiger partial charge in [0.2, 0.25) is 0 Å². The maximum absolute atomic E-state index is 12.4. The molecule has 7 heteroatoms. The predicted octanol–water partition coefficient (Wildman–Crippen LogP) is 3.76. The van der Waals surface area contributed by atoms with Crippen molar-refractivity contribution in [2.24, 2.45) is 0 Å².